The first kappa shape index (κ1) is 7.73. The molecule has 58 valence electrons. The van der Waals surface area contributed by atoms with Gasteiger partial charge in [0.05, 0.1) is 6.61 Å². The van der Waals surface area contributed by atoms with E-state index in [9.17, 15) is 4.79 Å². The van der Waals surface area contributed by atoms with E-state index in [2.05, 4.69) is 6.92 Å². The van der Waals surface area contributed by atoms with Crippen molar-refractivity contribution in [3.05, 3.63) is 0 Å². The van der Waals surface area contributed by atoms with Gasteiger partial charge in [-0.3, -0.25) is 4.79 Å². The van der Waals surface area contributed by atoms with Crippen LogP contribution in [0.4, 0.5) is 0 Å². The summed E-state index contributed by atoms with van der Waals surface area (Å²) in [4.78, 5) is 10.8. The highest BCUT2D eigenvalue weighted by atomic mass is 16.5. The van der Waals surface area contributed by atoms with E-state index < -0.39 is 0 Å². The predicted octanol–water partition coefficient (Wildman–Crippen LogP) is 1.39. The lowest BCUT2D eigenvalue weighted by molar-refractivity contribution is -0.132. The van der Waals surface area contributed by atoms with Crippen LogP contribution in [0.2, 0.25) is 0 Å². The number of rotatable bonds is 1. The normalized spacial score (nSPS) is 33.8. The van der Waals surface area contributed by atoms with E-state index in [4.69, 9.17) is 4.74 Å². The Morgan fingerprint density at radius 3 is 2.60 bits per heavy atom. The van der Waals surface area contributed by atoms with Gasteiger partial charge < -0.3 is 4.74 Å². The number of hydrogen-bond donors (Lipinski definition) is 0. The maximum Gasteiger partial charge on any atom is 0.158 e. The van der Waals surface area contributed by atoms with Crippen LogP contribution < -0.4 is 0 Å². The highest BCUT2D eigenvalue weighted by Crippen LogP contribution is 2.18. The number of ether oxygens (including phenoxy) is 1. The first-order valence-electron chi connectivity index (χ1n) is 3.82. The molecule has 0 aliphatic carbocycles. The maximum absolute atomic E-state index is 10.8. The third kappa shape index (κ3) is 1.81. The largest absolute Gasteiger partial charge is 0.370 e. The first-order valence-corrected chi connectivity index (χ1v) is 3.82. The summed E-state index contributed by atoms with van der Waals surface area (Å²) < 4.78 is 5.30. The van der Waals surface area contributed by atoms with Crippen LogP contribution in [0, 0.1) is 5.92 Å². The minimum absolute atomic E-state index is 0.101. The van der Waals surface area contributed by atoms with Crippen molar-refractivity contribution in [3.8, 4) is 0 Å². The number of carbonyl (C=O) groups excluding carboxylic acids is 1. The van der Waals surface area contributed by atoms with E-state index in [0.717, 1.165) is 19.4 Å². The summed E-state index contributed by atoms with van der Waals surface area (Å²) in [6.45, 7) is 4.50. The maximum atomic E-state index is 10.8. The minimum atomic E-state index is -0.101. The van der Waals surface area contributed by atoms with Gasteiger partial charge in [-0.25, -0.2) is 0 Å². The van der Waals surface area contributed by atoms with Crippen LogP contribution >= 0.6 is 0 Å². The van der Waals surface area contributed by atoms with Crippen LogP contribution in [-0.4, -0.2) is 18.5 Å². The third-order valence-electron chi connectivity index (χ3n) is 1.96. The van der Waals surface area contributed by atoms with Crippen molar-refractivity contribution in [2.75, 3.05) is 6.61 Å². The molecule has 0 aromatic carbocycles. The summed E-state index contributed by atoms with van der Waals surface area (Å²) in [5.74, 6) is 0.808. The van der Waals surface area contributed by atoms with Crippen LogP contribution in [0.1, 0.15) is 26.7 Å². The molecule has 1 aliphatic heterocycles. The van der Waals surface area contributed by atoms with Gasteiger partial charge >= 0.3 is 0 Å². The Kier molecular flexibility index (Phi) is 2.44. The first-order chi connectivity index (χ1) is 4.70. The van der Waals surface area contributed by atoms with E-state index in [0.29, 0.717) is 5.92 Å². The van der Waals surface area contributed by atoms with Crippen LogP contribution in [0.15, 0.2) is 0 Å². The molecule has 1 rings (SSSR count). The van der Waals surface area contributed by atoms with Crippen molar-refractivity contribution < 1.29 is 9.53 Å². The SMILES string of the molecule is CC(=O)C1CC[C@H](C)CO1. The Hall–Kier alpha value is -0.370. The summed E-state index contributed by atoms with van der Waals surface area (Å²) in [6.07, 6.45) is 1.94. The monoisotopic (exact) mass is 142 g/mol. The molecule has 1 unspecified atom stereocenters. The molecule has 0 aromatic rings. The van der Waals surface area contributed by atoms with Gasteiger partial charge in [-0.1, -0.05) is 6.92 Å². The molecule has 2 nitrogen and oxygen atoms in total. The Morgan fingerprint density at radius 2 is 2.20 bits per heavy atom. The molecule has 0 radical (unpaired) electrons. The van der Waals surface area contributed by atoms with Crippen LogP contribution in [0.5, 0.6) is 0 Å². The molecule has 0 spiro atoms. The van der Waals surface area contributed by atoms with Gasteiger partial charge in [0.1, 0.15) is 6.10 Å². The highest BCUT2D eigenvalue weighted by molar-refractivity contribution is 5.80. The van der Waals surface area contributed by atoms with Crippen molar-refractivity contribution in [2.24, 2.45) is 5.92 Å². The van der Waals surface area contributed by atoms with Crippen molar-refractivity contribution in [1.82, 2.24) is 0 Å². The molecule has 0 aromatic heterocycles. The van der Waals surface area contributed by atoms with Crippen molar-refractivity contribution in [2.45, 2.75) is 32.8 Å². The average molecular weight is 142 g/mol. The summed E-state index contributed by atoms with van der Waals surface area (Å²) >= 11 is 0. The smallest absolute Gasteiger partial charge is 0.158 e. The molecule has 2 atom stereocenters. The Bertz CT molecular complexity index is 123. The van der Waals surface area contributed by atoms with Crippen molar-refractivity contribution >= 4 is 5.78 Å². The zero-order chi connectivity index (χ0) is 7.56. The summed E-state index contributed by atoms with van der Waals surface area (Å²) in [5.41, 5.74) is 0. The topological polar surface area (TPSA) is 26.3 Å². The second kappa shape index (κ2) is 3.15. The van der Waals surface area contributed by atoms with Gasteiger partial charge in [-0.15, -0.1) is 0 Å². The fourth-order valence-electron chi connectivity index (χ4n) is 1.20. The lowest BCUT2D eigenvalue weighted by Gasteiger charge is -2.24. The van der Waals surface area contributed by atoms with Gasteiger partial charge in [0.2, 0.25) is 0 Å². The number of hydrogen-bond acceptors (Lipinski definition) is 2. The molecule has 0 bridgehead atoms. The van der Waals surface area contributed by atoms with Crippen molar-refractivity contribution in [3.63, 3.8) is 0 Å². The second-order valence-corrected chi connectivity index (χ2v) is 3.12. The minimum Gasteiger partial charge on any atom is -0.370 e. The van der Waals surface area contributed by atoms with E-state index in [-0.39, 0.29) is 11.9 Å². The Labute approximate surface area is 61.6 Å². The summed E-state index contributed by atoms with van der Waals surface area (Å²) in [6, 6.07) is 0. The zero-order valence-electron chi connectivity index (χ0n) is 6.59. The van der Waals surface area contributed by atoms with E-state index in [1.165, 1.54) is 0 Å². The Morgan fingerprint density at radius 1 is 1.50 bits per heavy atom. The molecule has 1 heterocycles. The van der Waals surface area contributed by atoms with Gasteiger partial charge in [-0.2, -0.15) is 0 Å². The lowest BCUT2D eigenvalue weighted by atomic mass is 9.99. The molecule has 2 heteroatoms. The summed E-state index contributed by atoms with van der Waals surface area (Å²) in [5, 5.41) is 0. The quantitative estimate of drug-likeness (QED) is 0.553. The predicted molar refractivity (Wildman–Crippen MR) is 38.8 cm³/mol. The van der Waals surface area contributed by atoms with E-state index in [1.807, 2.05) is 0 Å². The fourth-order valence-corrected chi connectivity index (χ4v) is 1.20. The van der Waals surface area contributed by atoms with Crippen LogP contribution in [-0.2, 0) is 9.53 Å². The molecule has 0 amide bonds. The van der Waals surface area contributed by atoms with E-state index in [1.54, 1.807) is 6.92 Å². The van der Waals surface area contributed by atoms with Gasteiger partial charge in [-0.05, 0) is 25.7 Å². The van der Waals surface area contributed by atoms with Crippen LogP contribution in [0.3, 0.4) is 0 Å². The molecule has 0 saturated carbocycles. The van der Waals surface area contributed by atoms with Gasteiger partial charge in [0.25, 0.3) is 0 Å². The fraction of sp³-hybridized carbons (Fsp3) is 0.875. The number of Topliss-reactive ketones (excluding diaryl/α,β-unsaturated/α-hetero) is 1. The molecule has 10 heavy (non-hydrogen) atoms. The van der Waals surface area contributed by atoms with Gasteiger partial charge in [0.15, 0.2) is 5.78 Å². The zero-order valence-corrected chi connectivity index (χ0v) is 6.59. The number of carbonyl (C=O) groups is 1. The third-order valence-corrected chi connectivity index (χ3v) is 1.96. The molecular formula is C8H14O2. The summed E-state index contributed by atoms with van der Waals surface area (Å²) in [7, 11) is 0. The highest BCUT2D eigenvalue weighted by Gasteiger charge is 2.21. The second-order valence-electron chi connectivity index (χ2n) is 3.12. The van der Waals surface area contributed by atoms with E-state index >= 15 is 0 Å². The lowest BCUT2D eigenvalue weighted by Crippen LogP contribution is -2.29. The average Bonchev–Trinajstić information content (AvgIpc) is 1.88. The molecule has 0 N–H and O–H groups in total. The molecule has 1 fully saturated rings. The molecular weight excluding hydrogens is 128 g/mol. The molecule has 1 aliphatic rings. The van der Waals surface area contributed by atoms with Crippen molar-refractivity contribution in [1.29, 1.82) is 0 Å². The molecule has 1 saturated heterocycles. The number of ketones is 1. The van der Waals surface area contributed by atoms with Crippen LogP contribution in [0.25, 0.3) is 0 Å². The van der Waals surface area contributed by atoms with Gasteiger partial charge in [0, 0.05) is 0 Å². The standard InChI is InChI=1S/C8H14O2/c1-6-3-4-8(7(2)9)10-5-6/h6,8H,3-5H2,1-2H3/t6-,8?/m0/s1. The Balaban J connectivity index is 2.33.